The summed E-state index contributed by atoms with van der Waals surface area (Å²) >= 11 is 3.66. The monoisotopic (exact) mass is 261 g/mol. The minimum absolute atomic E-state index is 0.655. The van der Waals surface area contributed by atoms with Crippen LogP contribution in [0.4, 0.5) is 0 Å². The van der Waals surface area contributed by atoms with Gasteiger partial charge < -0.3 is 5.32 Å². The SMILES string of the molecule is C1=CCC(NCc2cc(-c3cccs3)cs2)C1. The van der Waals surface area contributed by atoms with E-state index in [2.05, 4.69) is 46.4 Å². The quantitative estimate of drug-likeness (QED) is 0.810. The van der Waals surface area contributed by atoms with Crippen molar-refractivity contribution in [1.29, 1.82) is 0 Å². The van der Waals surface area contributed by atoms with Crippen molar-refractivity contribution in [2.45, 2.75) is 25.4 Å². The topological polar surface area (TPSA) is 12.0 Å². The second kappa shape index (κ2) is 5.17. The first-order chi connectivity index (χ1) is 8.42. The van der Waals surface area contributed by atoms with E-state index in [1.807, 2.05) is 22.7 Å². The fourth-order valence-electron chi connectivity index (χ4n) is 2.07. The van der Waals surface area contributed by atoms with E-state index >= 15 is 0 Å². The van der Waals surface area contributed by atoms with E-state index in [0.29, 0.717) is 6.04 Å². The van der Waals surface area contributed by atoms with Gasteiger partial charge >= 0.3 is 0 Å². The number of rotatable bonds is 4. The van der Waals surface area contributed by atoms with Crippen LogP contribution in [0.15, 0.2) is 41.1 Å². The third kappa shape index (κ3) is 2.68. The minimum Gasteiger partial charge on any atom is -0.308 e. The molecule has 3 heteroatoms. The summed E-state index contributed by atoms with van der Waals surface area (Å²) in [5, 5.41) is 8.00. The van der Waals surface area contributed by atoms with Gasteiger partial charge in [0.05, 0.1) is 0 Å². The van der Waals surface area contributed by atoms with Crippen molar-refractivity contribution < 1.29 is 0 Å². The molecule has 88 valence electrons. The number of thiophene rings is 2. The maximum Gasteiger partial charge on any atom is 0.0351 e. The van der Waals surface area contributed by atoms with E-state index in [1.165, 1.54) is 28.2 Å². The van der Waals surface area contributed by atoms with Gasteiger partial charge in [-0.1, -0.05) is 18.2 Å². The standard InChI is InChI=1S/C14H15NS2/c1-2-5-12(4-1)15-9-13-8-11(10-17-13)14-6-3-7-16-14/h1-3,6-8,10,12,15H,4-5,9H2. The number of hydrogen-bond acceptors (Lipinski definition) is 3. The molecule has 2 aromatic rings. The molecule has 0 amide bonds. The third-order valence-corrected chi connectivity index (χ3v) is 4.89. The fourth-order valence-corrected chi connectivity index (χ4v) is 3.70. The lowest BCUT2D eigenvalue weighted by Gasteiger charge is -2.10. The van der Waals surface area contributed by atoms with Gasteiger partial charge in [-0.2, -0.15) is 0 Å². The van der Waals surface area contributed by atoms with E-state index < -0.39 is 0 Å². The van der Waals surface area contributed by atoms with Gasteiger partial charge in [-0.3, -0.25) is 0 Å². The second-order valence-electron chi connectivity index (χ2n) is 4.30. The van der Waals surface area contributed by atoms with Crippen LogP contribution in [0.25, 0.3) is 10.4 Å². The first-order valence-electron chi connectivity index (χ1n) is 5.91. The van der Waals surface area contributed by atoms with Gasteiger partial charge in [0, 0.05) is 27.9 Å². The Morgan fingerprint density at radius 2 is 2.12 bits per heavy atom. The normalized spacial score (nSPS) is 15.8. The number of hydrogen-bond donors (Lipinski definition) is 1. The number of nitrogens with one attached hydrogen (secondary N) is 1. The van der Waals surface area contributed by atoms with E-state index in [4.69, 9.17) is 0 Å². The summed E-state index contributed by atoms with van der Waals surface area (Å²) in [5.41, 5.74) is 1.37. The minimum atomic E-state index is 0.655. The van der Waals surface area contributed by atoms with E-state index in [-0.39, 0.29) is 0 Å². The molecule has 17 heavy (non-hydrogen) atoms. The largest absolute Gasteiger partial charge is 0.308 e. The van der Waals surface area contributed by atoms with Crippen LogP contribution in [0.2, 0.25) is 0 Å². The molecule has 2 aromatic heterocycles. The molecule has 0 aromatic carbocycles. The highest BCUT2D eigenvalue weighted by atomic mass is 32.1. The Bertz CT molecular complexity index is 488. The van der Waals surface area contributed by atoms with Gasteiger partial charge in [-0.25, -0.2) is 0 Å². The molecule has 0 unspecified atom stereocenters. The second-order valence-corrected chi connectivity index (χ2v) is 6.24. The molecule has 0 atom stereocenters. The Balaban J connectivity index is 1.61. The van der Waals surface area contributed by atoms with Crippen LogP contribution in [0.3, 0.4) is 0 Å². The lowest BCUT2D eigenvalue weighted by Crippen LogP contribution is -2.25. The van der Waals surface area contributed by atoms with Gasteiger partial charge in [-0.15, -0.1) is 22.7 Å². The van der Waals surface area contributed by atoms with Crippen molar-refractivity contribution in [3.8, 4) is 10.4 Å². The zero-order valence-corrected chi connectivity index (χ0v) is 11.2. The van der Waals surface area contributed by atoms with E-state index in [9.17, 15) is 0 Å². The molecule has 0 bridgehead atoms. The predicted octanol–water partition coefficient (Wildman–Crippen LogP) is 4.28. The maximum absolute atomic E-state index is 3.61. The molecule has 1 aliphatic rings. The molecule has 3 rings (SSSR count). The molecule has 0 radical (unpaired) electrons. The van der Waals surface area contributed by atoms with Gasteiger partial charge in [0.15, 0.2) is 0 Å². The average molecular weight is 261 g/mol. The van der Waals surface area contributed by atoms with Crippen molar-refractivity contribution in [2.75, 3.05) is 0 Å². The van der Waals surface area contributed by atoms with Gasteiger partial charge in [0.1, 0.15) is 0 Å². The van der Waals surface area contributed by atoms with Crippen LogP contribution in [-0.4, -0.2) is 6.04 Å². The first-order valence-corrected chi connectivity index (χ1v) is 7.67. The Labute approximate surface area is 110 Å². The van der Waals surface area contributed by atoms with Gasteiger partial charge in [0.2, 0.25) is 0 Å². The zero-order chi connectivity index (χ0) is 11.5. The van der Waals surface area contributed by atoms with Crippen LogP contribution >= 0.6 is 22.7 Å². The molecule has 1 N–H and O–H groups in total. The molecular weight excluding hydrogens is 246 g/mol. The van der Waals surface area contributed by atoms with Crippen LogP contribution in [-0.2, 0) is 6.54 Å². The van der Waals surface area contributed by atoms with Crippen LogP contribution in [0.5, 0.6) is 0 Å². The lowest BCUT2D eigenvalue weighted by atomic mass is 10.2. The zero-order valence-electron chi connectivity index (χ0n) is 9.56. The highest BCUT2D eigenvalue weighted by Crippen LogP contribution is 2.29. The summed E-state index contributed by atoms with van der Waals surface area (Å²) in [7, 11) is 0. The molecule has 2 heterocycles. The molecule has 0 saturated heterocycles. The fraction of sp³-hybridized carbons (Fsp3) is 0.286. The summed E-state index contributed by atoms with van der Waals surface area (Å²) in [6, 6.07) is 7.26. The van der Waals surface area contributed by atoms with E-state index in [0.717, 1.165) is 6.54 Å². The van der Waals surface area contributed by atoms with Gasteiger partial charge in [-0.05, 0) is 35.7 Å². The molecule has 0 saturated carbocycles. The summed E-state index contributed by atoms with van der Waals surface area (Å²) in [5.74, 6) is 0. The average Bonchev–Trinajstić information content (AvgIpc) is 3.09. The molecule has 0 fully saturated rings. The van der Waals surface area contributed by atoms with Crippen molar-refractivity contribution >= 4 is 22.7 Å². The third-order valence-electron chi connectivity index (χ3n) is 3.03. The van der Waals surface area contributed by atoms with Crippen LogP contribution < -0.4 is 5.32 Å². The summed E-state index contributed by atoms with van der Waals surface area (Å²) < 4.78 is 0. The smallest absolute Gasteiger partial charge is 0.0351 e. The summed E-state index contributed by atoms with van der Waals surface area (Å²) in [6.45, 7) is 1.00. The van der Waals surface area contributed by atoms with Crippen molar-refractivity contribution in [3.63, 3.8) is 0 Å². The van der Waals surface area contributed by atoms with E-state index in [1.54, 1.807) is 0 Å². The Kier molecular flexibility index (Phi) is 3.41. The first kappa shape index (κ1) is 11.2. The van der Waals surface area contributed by atoms with Crippen LogP contribution in [0.1, 0.15) is 17.7 Å². The van der Waals surface area contributed by atoms with Gasteiger partial charge in [0.25, 0.3) is 0 Å². The highest BCUT2D eigenvalue weighted by Gasteiger charge is 2.10. The van der Waals surface area contributed by atoms with Crippen molar-refractivity contribution in [3.05, 3.63) is 46.0 Å². The summed E-state index contributed by atoms with van der Waals surface area (Å²) in [4.78, 5) is 2.80. The molecular formula is C14H15NS2. The van der Waals surface area contributed by atoms with Crippen molar-refractivity contribution in [2.24, 2.45) is 0 Å². The predicted molar refractivity (Wildman–Crippen MR) is 76.6 cm³/mol. The van der Waals surface area contributed by atoms with Crippen molar-refractivity contribution in [1.82, 2.24) is 5.32 Å². The Morgan fingerprint density at radius 3 is 2.88 bits per heavy atom. The molecule has 0 spiro atoms. The maximum atomic E-state index is 3.61. The molecule has 0 aliphatic heterocycles. The molecule has 1 nitrogen and oxygen atoms in total. The summed E-state index contributed by atoms with van der Waals surface area (Å²) in [6.07, 6.45) is 6.90. The van der Waals surface area contributed by atoms with Crippen LogP contribution in [0, 0.1) is 0 Å². The Morgan fingerprint density at radius 1 is 1.24 bits per heavy atom. The molecule has 1 aliphatic carbocycles. The highest BCUT2D eigenvalue weighted by molar-refractivity contribution is 7.14. The Hall–Kier alpha value is -0.900. The lowest BCUT2D eigenvalue weighted by molar-refractivity contribution is 0.542.